The summed E-state index contributed by atoms with van der Waals surface area (Å²) in [6.07, 6.45) is 4.18. The third-order valence-electron chi connectivity index (χ3n) is 2.63. The number of carbonyl (C=O) groups excluding carboxylic acids is 1. The number of aromatic nitrogens is 2. The highest BCUT2D eigenvalue weighted by Gasteiger charge is 2.30. The molecule has 0 bridgehead atoms. The summed E-state index contributed by atoms with van der Waals surface area (Å²) in [4.78, 5) is 20.0. The van der Waals surface area contributed by atoms with Crippen molar-refractivity contribution in [2.45, 2.75) is 51.7 Å². The molecule has 0 saturated heterocycles. The molecule has 0 aliphatic rings. The fraction of sp³-hybridized carbons (Fsp3) is 0.692. The van der Waals surface area contributed by atoms with Crippen molar-refractivity contribution < 1.29 is 9.22 Å². The molecule has 0 aromatic carbocycles. The second kappa shape index (κ2) is 6.23. The van der Waals surface area contributed by atoms with Crippen LogP contribution in [0.1, 0.15) is 5.69 Å². The summed E-state index contributed by atoms with van der Waals surface area (Å²) in [5.41, 5.74) is 1.04. The summed E-state index contributed by atoms with van der Waals surface area (Å²) < 4.78 is 7.61. The highest BCUT2D eigenvalue weighted by molar-refractivity contribution is 6.74. The largest absolute Gasteiger partial charge is 0.519 e. The first-order chi connectivity index (χ1) is 8.98. The average molecular weight is 314 g/mol. The molecule has 20 heavy (non-hydrogen) atoms. The van der Waals surface area contributed by atoms with Gasteiger partial charge in [-0.2, -0.15) is 0 Å². The Labute approximate surface area is 124 Å². The zero-order chi connectivity index (χ0) is 15.6. The van der Waals surface area contributed by atoms with Crippen LogP contribution in [-0.2, 0) is 22.7 Å². The van der Waals surface area contributed by atoms with Crippen LogP contribution in [-0.4, -0.2) is 38.1 Å². The molecule has 0 aliphatic heterocycles. The Bertz CT molecular complexity index is 461. The zero-order valence-electron chi connectivity index (χ0n) is 13.7. The van der Waals surface area contributed by atoms with Crippen LogP contribution in [0, 0.1) is 0 Å². The molecule has 7 heteroatoms. The Morgan fingerprint density at radius 3 is 2.35 bits per heavy atom. The summed E-state index contributed by atoms with van der Waals surface area (Å²) in [5, 5.41) is 0. The van der Waals surface area contributed by atoms with Gasteiger partial charge in [-0.05, 0) is 19.6 Å². The van der Waals surface area contributed by atoms with E-state index in [-0.39, 0.29) is 12.0 Å². The third kappa shape index (κ3) is 6.02. The van der Waals surface area contributed by atoms with Gasteiger partial charge in [-0.3, -0.25) is 4.79 Å². The van der Waals surface area contributed by atoms with E-state index in [0.717, 1.165) is 5.69 Å². The van der Waals surface area contributed by atoms with E-state index in [1.54, 1.807) is 12.5 Å². The topological polar surface area (TPSA) is 56.2 Å². The van der Waals surface area contributed by atoms with E-state index in [9.17, 15) is 4.79 Å². The number of rotatable bonds is 6. The molecule has 0 saturated carbocycles. The van der Waals surface area contributed by atoms with E-state index in [1.165, 1.54) is 0 Å². The molecule has 0 spiro atoms. The first-order valence-corrected chi connectivity index (χ1v) is 13.8. The summed E-state index contributed by atoms with van der Waals surface area (Å²) >= 11 is 0. The van der Waals surface area contributed by atoms with Gasteiger partial charge in [0.05, 0.1) is 6.33 Å². The summed E-state index contributed by atoms with van der Waals surface area (Å²) in [5.74, 6) is -0.132. The number of nitrogens with one attached hydrogen (secondary N) is 1. The third-order valence-corrected chi connectivity index (χ3v) is 4.66. The van der Waals surface area contributed by atoms with E-state index >= 15 is 0 Å². The molecular weight excluding hydrogens is 286 g/mol. The molecule has 0 radical (unpaired) electrons. The van der Waals surface area contributed by atoms with Crippen LogP contribution < -0.4 is 4.98 Å². The fourth-order valence-corrected chi connectivity index (χ4v) is 3.89. The molecule has 5 nitrogen and oxygen atoms in total. The first kappa shape index (κ1) is 17.1. The van der Waals surface area contributed by atoms with Gasteiger partial charge < -0.3 is 14.0 Å². The zero-order valence-corrected chi connectivity index (χ0v) is 15.7. The number of hydrogen-bond donors (Lipinski definition) is 1. The van der Waals surface area contributed by atoms with Crippen LogP contribution in [0.15, 0.2) is 12.5 Å². The first-order valence-electron chi connectivity index (χ1n) is 6.94. The number of imidazole rings is 1. The van der Waals surface area contributed by atoms with E-state index < -0.39 is 16.6 Å². The van der Waals surface area contributed by atoms with Gasteiger partial charge in [0.15, 0.2) is 0 Å². The molecule has 0 amide bonds. The van der Waals surface area contributed by atoms with Crippen molar-refractivity contribution >= 4 is 22.5 Å². The van der Waals surface area contributed by atoms with E-state index in [4.69, 9.17) is 4.43 Å². The lowest BCUT2D eigenvalue weighted by molar-refractivity contribution is -0.137. The number of carbonyl (C=O) groups is 1. The smallest absolute Gasteiger partial charge is 0.309 e. The van der Waals surface area contributed by atoms with Crippen molar-refractivity contribution in [3.8, 4) is 0 Å². The maximum Gasteiger partial charge on any atom is 0.309 e. The second-order valence-corrected chi connectivity index (χ2v) is 16.4. The van der Waals surface area contributed by atoms with Gasteiger partial charge in [-0.15, -0.1) is 0 Å². The molecule has 1 rings (SSSR count). The fourth-order valence-electron chi connectivity index (χ4n) is 1.88. The van der Waals surface area contributed by atoms with Gasteiger partial charge in [0.1, 0.15) is 14.3 Å². The van der Waals surface area contributed by atoms with Crippen molar-refractivity contribution in [2.24, 2.45) is 7.05 Å². The van der Waals surface area contributed by atoms with Crippen LogP contribution in [0.4, 0.5) is 0 Å². The van der Waals surface area contributed by atoms with Gasteiger partial charge in [0, 0.05) is 25.4 Å². The van der Waals surface area contributed by atoms with Gasteiger partial charge in [-0.25, -0.2) is 4.98 Å². The molecule has 1 atom stereocenters. The Kier molecular flexibility index (Phi) is 5.34. The molecule has 1 unspecified atom stereocenters. The lowest BCUT2D eigenvalue weighted by atomic mass is 10.2. The molecule has 0 fully saturated rings. The molecule has 1 N–H and O–H groups in total. The van der Waals surface area contributed by atoms with Crippen LogP contribution >= 0.6 is 0 Å². The minimum Gasteiger partial charge on any atom is -0.519 e. The van der Waals surface area contributed by atoms with Crippen LogP contribution in [0.2, 0.25) is 39.3 Å². The molecule has 1 aromatic rings. The Morgan fingerprint density at radius 2 is 1.95 bits per heavy atom. The van der Waals surface area contributed by atoms with E-state index in [2.05, 4.69) is 29.6 Å². The molecular formula is C13H27N3O2Si2. The van der Waals surface area contributed by atoms with Gasteiger partial charge in [0.25, 0.3) is 0 Å². The number of hydrogen-bond acceptors (Lipinski definition) is 4. The summed E-state index contributed by atoms with van der Waals surface area (Å²) in [6, 6.07) is -0.288. The van der Waals surface area contributed by atoms with Crippen molar-refractivity contribution in [3.63, 3.8) is 0 Å². The molecule has 114 valence electrons. The highest BCUT2D eigenvalue weighted by atomic mass is 28.4. The Morgan fingerprint density at radius 1 is 1.35 bits per heavy atom. The van der Waals surface area contributed by atoms with Crippen molar-refractivity contribution in [1.82, 2.24) is 14.5 Å². The lowest BCUT2D eigenvalue weighted by Gasteiger charge is -2.28. The van der Waals surface area contributed by atoms with Gasteiger partial charge in [0.2, 0.25) is 8.32 Å². The number of nitrogens with zero attached hydrogens (tertiary/aromatic N) is 2. The van der Waals surface area contributed by atoms with E-state index in [1.807, 2.05) is 31.3 Å². The maximum absolute atomic E-state index is 12.4. The lowest BCUT2D eigenvalue weighted by Crippen LogP contribution is -2.54. The van der Waals surface area contributed by atoms with Crippen molar-refractivity contribution in [2.75, 3.05) is 0 Å². The standard InChI is InChI=1S/C13H27N3O2Si2/c1-16-10-14-9-11(16)8-12(15-19(2,3)4)13(17)18-20(5,6)7/h9-10,12,15H,8H2,1-7H3. The van der Waals surface area contributed by atoms with Crippen molar-refractivity contribution in [3.05, 3.63) is 18.2 Å². The minimum absolute atomic E-state index is 0.132. The monoisotopic (exact) mass is 313 g/mol. The Balaban J connectivity index is 2.85. The molecule has 0 aliphatic carbocycles. The average Bonchev–Trinajstić information content (AvgIpc) is 2.59. The maximum atomic E-state index is 12.4. The highest BCUT2D eigenvalue weighted by Crippen LogP contribution is 2.11. The molecule has 1 heterocycles. The second-order valence-electron chi connectivity index (χ2n) is 7.18. The number of aryl methyl sites for hydroxylation is 1. The van der Waals surface area contributed by atoms with Crippen molar-refractivity contribution in [1.29, 1.82) is 0 Å². The van der Waals surface area contributed by atoms with Gasteiger partial charge in [-0.1, -0.05) is 19.6 Å². The van der Waals surface area contributed by atoms with Crippen LogP contribution in [0.5, 0.6) is 0 Å². The summed E-state index contributed by atoms with van der Waals surface area (Å²) in [6.45, 7) is 12.6. The quantitative estimate of drug-likeness (QED) is 0.818. The van der Waals surface area contributed by atoms with E-state index in [0.29, 0.717) is 6.42 Å². The normalized spacial score (nSPS) is 14.2. The summed E-state index contributed by atoms with van der Waals surface area (Å²) in [7, 11) is -1.50. The van der Waals surface area contributed by atoms with Crippen LogP contribution in [0.25, 0.3) is 0 Å². The predicted molar refractivity (Wildman–Crippen MR) is 86.6 cm³/mol. The van der Waals surface area contributed by atoms with Gasteiger partial charge >= 0.3 is 5.97 Å². The van der Waals surface area contributed by atoms with Crippen LogP contribution in [0.3, 0.4) is 0 Å². The predicted octanol–water partition coefficient (Wildman–Crippen LogP) is 2.13. The molecule has 1 aromatic heterocycles. The minimum atomic E-state index is -1.87. The Hall–Kier alpha value is -0.926. The SMILES string of the molecule is Cn1cncc1CC(N[Si](C)(C)C)C(=O)O[Si](C)(C)C.